The molecule has 0 rings (SSSR count). The Kier molecular flexibility index (Phi) is 39.5. The Hall–Kier alpha value is -2.37. The fourth-order valence-corrected chi connectivity index (χ4v) is 5.99. The van der Waals surface area contributed by atoms with Crippen molar-refractivity contribution in [3.05, 3.63) is 36.5 Å². The minimum atomic E-state index is -0.774. The molecule has 0 aromatic heterocycles. The van der Waals surface area contributed by atoms with E-state index in [0.717, 1.165) is 96.3 Å². The van der Waals surface area contributed by atoms with Gasteiger partial charge in [0, 0.05) is 19.3 Å². The molecule has 0 aromatic rings. The van der Waals surface area contributed by atoms with Crippen LogP contribution in [0.1, 0.15) is 220 Å². The maximum atomic E-state index is 12.6. The molecule has 0 amide bonds. The Balaban J connectivity index is 4.27. The van der Waals surface area contributed by atoms with Gasteiger partial charge < -0.3 is 14.2 Å². The largest absolute Gasteiger partial charge is 0.462 e. The summed E-state index contributed by atoms with van der Waals surface area (Å²) in [7, 11) is 0. The van der Waals surface area contributed by atoms with E-state index in [1.807, 2.05) is 0 Å². The average Bonchev–Trinajstić information content (AvgIpc) is 3.14. The third-order valence-electron chi connectivity index (χ3n) is 9.37. The number of carbonyl (C=O) groups is 3. The zero-order valence-electron chi connectivity index (χ0n) is 34.3. The van der Waals surface area contributed by atoms with Gasteiger partial charge in [0.25, 0.3) is 0 Å². The van der Waals surface area contributed by atoms with Crippen LogP contribution in [0, 0.1) is 0 Å². The van der Waals surface area contributed by atoms with Gasteiger partial charge in [0.1, 0.15) is 13.2 Å². The lowest BCUT2D eigenvalue weighted by Gasteiger charge is -2.18. The highest BCUT2D eigenvalue weighted by atomic mass is 16.6. The molecule has 1 unspecified atom stereocenters. The summed E-state index contributed by atoms with van der Waals surface area (Å²) in [5, 5.41) is 0. The smallest absolute Gasteiger partial charge is 0.306 e. The molecular formula is C46H82O6. The molecule has 6 heteroatoms. The van der Waals surface area contributed by atoms with E-state index in [4.69, 9.17) is 14.2 Å². The summed E-state index contributed by atoms with van der Waals surface area (Å²) >= 11 is 0. The minimum Gasteiger partial charge on any atom is -0.462 e. The van der Waals surface area contributed by atoms with Crippen LogP contribution in [0.4, 0.5) is 0 Å². The fourth-order valence-electron chi connectivity index (χ4n) is 5.99. The number of ether oxygens (including phenoxy) is 3. The Morgan fingerprint density at radius 1 is 0.385 bits per heavy atom. The van der Waals surface area contributed by atoms with Gasteiger partial charge in [0.2, 0.25) is 0 Å². The quantitative estimate of drug-likeness (QED) is 0.0271. The molecule has 302 valence electrons. The van der Waals surface area contributed by atoms with Gasteiger partial charge in [-0.3, -0.25) is 14.4 Å². The van der Waals surface area contributed by atoms with Crippen LogP contribution >= 0.6 is 0 Å². The molecule has 0 aliphatic rings. The van der Waals surface area contributed by atoms with Crippen LogP contribution in [0.15, 0.2) is 36.5 Å². The first-order valence-electron chi connectivity index (χ1n) is 22.0. The Morgan fingerprint density at radius 2 is 0.692 bits per heavy atom. The first-order chi connectivity index (χ1) is 25.5. The van der Waals surface area contributed by atoms with E-state index < -0.39 is 6.10 Å². The molecule has 0 bridgehead atoms. The van der Waals surface area contributed by atoms with E-state index >= 15 is 0 Å². The van der Waals surface area contributed by atoms with Gasteiger partial charge >= 0.3 is 17.9 Å². The van der Waals surface area contributed by atoms with E-state index in [-0.39, 0.29) is 31.1 Å². The Labute approximate surface area is 321 Å². The standard InChI is InChI=1S/C46H82O6/c1-4-7-10-13-15-17-19-21-22-23-25-26-28-30-33-36-39-45(48)51-42-43(41-50-44(47)38-35-32-12-9-6-3)52-46(49)40-37-34-31-29-27-24-20-18-16-14-11-8-5-2/h17-20,22-23,43H,4-16,21,24-42H2,1-3H3/b19-17-,20-18-,23-22-. The number of esters is 3. The minimum absolute atomic E-state index is 0.0806. The molecular weight excluding hydrogens is 648 g/mol. The van der Waals surface area contributed by atoms with E-state index in [9.17, 15) is 14.4 Å². The fraction of sp³-hybridized carbons (Fsp3) is 0.804. The zero-order chi connectivity index (χ0) is 38.0. The molecule has 0 saturated carbocycles. The maximum absolute atomic E-state index is 12.6. The van der Waals surface area contributed by atoms with Crippen LogP contribution in [0.5, 0.6) is 0 Å². The Morgan fingerprint density at radius 3 is 1.10 bits per heavy atom. The van der Waals surface area contributed by atoms with E-state index in [2.05, 4.69) is 57.2 Å². The number of carbonyl (C=O) groups excluding carboxylic acids is 3. The highest BCUT2D eigenvalue weighted by Crippen LogP contribution is 2.13. The summed E-state index contributed by atoms with van der Waals surface area (Å²) in [4.78, 5) is 37.4. The summed E-state index contributed by atoms with van der Waals surface area (Å²) in [5.41, 5.74) is 0. The molecule has 0 fully saturated rings. The van der Waals surface area contributed by atoms with Crippen molar-refractivity contribution in [2.45, 2.75) is 226 Å². The van der Waals surface area contributed by atoms with Crippen molar-refractivity contribution in [2.24, 2.45) is 0 Å². The second-order valence-electron chi connectivity index (χ2n) is 14.6. The molecule has 0 heterocycles. The highest BCUT2D eigenvalue weighted by molar-refractivity contribution is 5.71. The number of allylic oxidation sites excluding steroid dienone is 6. The molecule has 0 N–H and O–H groups in total. The number of hydrogen-bond acceptors (Lipinski definition) is 6. The van der Waals surface area contributed by atoms with Gasteiger partial charge in [-0.15, -0.1) is 0 Å². The number of unbranched alkanes of at least 4 members (excludes halogenated alkanes) is 22. The molecule has 1 atom stereocenters. The molecule has 0 spiro atoms. The molecule has 0 aliphatic heterocycles. The molecule has 52 heavy (non-hydrogen) atoms. The highest BCUT2D eigenvalue weighted by Gasteiger charge is 2.19. The van der Waals surface area contributed by atoms with Crippen molar-refractivity contribution in [2.75, 3.05) is 13.2 Å². The number of rotatable bonds is 39. The lowest BCUT2D eigenvalue weighted by Crippen LogP contribution is -2.30. The van der Waals surface area contributed by atoms with Gasteiger partial charge in [-0.25, -0.2) is 0 Å². The zero-order valence-corrected chi connectivity index (χ0v) is 34.3. The summed E-state index contributed by atoms with van der Waals surface area (Å²) in [5.74, 6) is -0.918. The van der Waals surface area contributed by atoms with Crippen molar-refractivity contribution in [1.82, 2.24) is 0 Å². The van der Waals surface area contributed by atoms with Gasteiger partial charge in [-0.2, -0.15) is 0 Å². The predicted molar refractivity (Wildman–Crippen MR) is 219 cm³/mol. The summed E-state index contributed by atoms with van der Waals surface area (Å²) < 4.78 is 16.6. The van der Waals surface area contributed by atoms with Crippen molar-refractivity contribution >= 4 is 17.9 Å². The van der Waals surface area contributed by atoms with Crippen LogP contribution in [-0.4, -0.2) is 37.2 Å². The lowest BCUT2D eigenvalue weighted by molar-refractivity contribution is -0.167. The summed E-state index contributed by atoms with van der Waals surface area (Å²) in [6.07, 6.45) is 45.8. The first kappa shape index (κ1) is 49.6. The van der Waals surface area contributed by atoms with Crippen LogP contribution in [-0.2, 0) is 28.6 Å². The third kappa shape index (κ3) is 38.9. The van der Waals surface area contributed by atoms with Crippen LogP contribution < -0.4 is 0 Å². The molecule has 0 saturated heterocycles. The number of hydrogen-bond donors (Lipinski definition) is 0. The van der Waals surface area contributed by atoms with Crippen molar-refractivity contribution in [1.29, 1.82) is 0 Å². The van der Waals surface area contributed by atoms with Gasteiger partial charge in [0.05, 0.1) is 0 Å². The monoisotopic (exact) mass is 731 g/mol. The van der Waals surface area contributed by atoms with Crippen LogP contribution in [0.25, 0.3) is 0 Å². The molecule has 0 aliphatic carbocycles. The second kappa shape index (κ2) is 41.4. The lowest BCUT2D eigenvalue weighted by atomic mass is 10.1. The van der Waals surface area contributed by atoms with E-state index in [0.29, 0.717) is 19.3 Å². The van der Waals surface area contributed by atoms with Crippen molar-refractivity contribution in [3.63, 3.8) is 0 Å². The van der Waals surface area contributed by atoms with Gasteiger partial charge in [-0.05, 0) is 77.0 Å². The topological polar surface area (TPSA) is 78.9 Å². The normalized spacial score (nSPS) is 12.3. The molecule has 0 aromatic carbocycles. The van der Waals surface area contributed by atoms with Gasteiger partial charge in [-0.1, -0.05) is 160 Å². The molecule has 6 nitrogen and oxygen atoms in total. The third-order valence-corrected chi connectivity index (χ3v) is 9.37. The molecule has 0 radical (unpaired) electrons. The van der Waals surface area contributed by atoms with Crippen molar-refractivity contribution < 1.29 is 28.6 Å². The summed E-state index contributed by atoms with van der Waals surface area (Å²) in [6.45, 7) is 6.49. The van der Waals surface area contributed by atoms with Crippen molar-refractivity contribution in [3.8, 4) is 0 Å². The van der Waals surface area contributed by atoms with Crippen LogP contribution in [0.2, 0.25) is 0 Å². The predicted octanol–water partition coefficient (Wildman–Crippen LogP) is 13.8. The van der Waals surface area contributed by atoms with Gasteiger partial charge in [0.15, 0.2) is 6.10 Å². The first-order valence-corrected chi connectivity index (χ1v) is 22.0. The Bertz CT molecular complexity index is 891. The van der Waals surface area contributed by atoms with E-state index in [1.165, 1.54) is 83.5 Å². The van der Waals surface area contributed by atoms with Crippen LogP contribution in [0.3, 0.4) is 0 Å². The SMILES string of the molecule is CCCCCC/C=C\C/C=C\CCCCCCCC(=O)OCC(COC(=O)CCCCCCC)OC(=O)CCCCCCC/C=C\CCCCCC. The second-order valence-corrected chi connectivity index (χ2v) is 14.6. The average molecular weight is 731 g/mol. The van der Waals surface area contributed by atoms with E-state index in [1.54, 1.807) is 0 Å². The maximum Gasteiger partial charge on any atom is 0.306 e. The summed E-state index contributed by atoms with van der Waals surface area (Å²) in [6, 6.07) is 0.